The van der Waals surface area contributed by atoms with Gasteiger partial charge in [0.25, 0.3) is 0 Å². The third-order valence-corrected chi connectivity index (χ3v) is 2.95. The van der Waals surface area contributed by atoms with Gasteiger partial charge in [0.1, 0.15) is 12.1 Å². The number of hydrogen-bond donors (Lipinski definition) is 1. The Hall–Kier alpha value is -1.94. The van der Waals surface area contributed by atoms with Crippen LogP contribution in [0.2, 0.25) is 0 Å². The van der Waals surface area contributed by atoms with Crippen LogP contribution < -0.4 is 10.5 Å². The highest BCUT2D eigenvalue weighted by molar-refractivity contribution is 5.33. The highest BCUT2D eigenvalue weighted by Crippen LogP contribution is 2.21. The molecule has 4 heteroatoms. The van der Waals surface area contributed by atoms with Crippen LogP contribution in [0.1, 0.15) is 36.9 Å². The van der Waals surface area contributed by atoms with Crippen LogP contribution in [-0.4, -0.2) is 16.6 Å². The maximum absolute atomic E-state index is 6.17. The summed E-state index contributed by atoms with van der Waals surface area (Å²) in [6.07, 6.45) is 7.19. The van der Waals surface area contributed by atoms with Gasteiger partial charge in [0, 0.05) is 18.0 Å². The lowest BCUT2D eigenvalue weighted by Crippen LogP contribution is -2.12. The minimum Gasteiger partial charge on any atom is -0.494 e. The molecule has 2 N–H and O–H groups in total. The Morgan fingerprint density at radius 2 is 1.79 bits per heavy atom. The SMILES string of the molecule is CCCCOc1ccc(C(N)c2cncnc2)cc1. The van der Waals surface area contributed by atoms with Gasteiger partial charge < -0.3 is 10.5 Å². The molecule has 0 aliphatic heterocycles. The smallest absolute Gasteiger partial charge is 0.119 e. The Morgan fingerprint density at radius 1 is 1.11 bits per heavy atom. The highest BCUT2D eigenvalue weighted by Gasteiger charge is 2.09. The molecule has 0 aliphatic carbocycles. The predicted molar refractivity (Wildman–Crippen MR) is 74.9 cm³/mol. The van der Waals surface area contributed by atoms with E-state index in [-0.39, 0.29) is 6.04 Å². The van der Waals surface area contributed by atoms with E-state index in [9.17, 15) is 0 Å². The number of unbranched alkanes of at least 4 members (excludes halogenated alkanes) is 1. The quantitative estimate of drug-likeness (QED) is 0.808. The Kier molecular flexibility index (Phi) is 4.86. The number of rotatable bonds is 6. The van der Waals surface area contributed by atoms with Gasteiger partial charge >= 0.3 is 0 Å². The number of nitrogens with zero attached hydrogens (tertiary/aromatic N) is 2. The van der Waals surface area contributed by atoms with Crippen LogP contribution in [0.25, 0.3) is 0 Å². The molecule has 4 nitrogen and oxygen atoms in total. The molecule has 1 aromatic carbocycles. The van der Waals surface area contributed by atoms with Crippen molar-refractivity contribution in [3.63, 3.8) is 0 Å². The number of nitrogens with two attached hydrogens (primary N) is 1. The summed E-state index contributed by atoms with van der Waals surface area (Å²) in [5, 5.41) is 0. The van der Waals surface area contributed by atoms with E-state index < -0.39 is 0 Å². The normalized spacial score (nSPS) is 12.1. The van der Waals surface area contributed by atoms with Gasteiger partial charge in [-0.1, -0.05) is 25.5 Å². The Balaban J connectivity index is 2.02. The van der Waals surface area contributed by atoms with E-state index in [0.717, 1.165) is 36.3 Å². The number of aromatic nitrogens is 2. The third kappa shape index (κ3) is 3.76. The minimum absolute atomic E-state index is 0.203. The largest absolute Gasteiger partial charge is 0.494 e. The van der Waals surface area contributed by atoms with Crippen LogP contribution in [0.5, 0.6) is 5.75 Å². The second-order valence-electron chi connectivity index (χ2n) is 4.42. The average molecular weight is 257 g/mol. The van der Waals surface area contributed by atoms with Gasteiger partial charge in [-0.25, -0.2) is 9.97 Å². The molecule has 0 spiro atoms. The van der Waals surface area contributed by atoms with Gasteiger partial charge in [0.2, 0.25) is 0 Å². The molecule has 0 aliphatic rings. The van der Waals surface area contributed by atoms with Crippen molar-refractivity contribution in [2.45, 2.75) is 25.8 Å². The molecular weight excluding hydrogens is 238 g/mol. The van der Waals surface area contributed by atoms with Crippen molar-refractivity contribution in [1.82, 2.24) is 9.97 Å². The molecule has 0 amide bonds. The lowest BCUT2D eigenvalue weighted by atomic mass is 10.0. The molecule has 0 radical (unpaired) electrons. The fourth-order valence-corrected chi connectivity index (χ4v) is 1.77. The molecule has 0 fully saturated rings. The van der Waals surface area contributed by atoms with E-state index in [0.29, 0.717) is 0 Å². The van der Waals surface area contributed by atoms with Crippen molar-refractivity contribution in [3.8, 4) is 5.75 Å². The number of benzene rings is 1. The van der Waals surface area contributed by atoms with E-state index >= 15 is 0 Å². The summed E-state index contributed by atoms with van der Waals surface area (Å²) >= 11 is 0. The maximum atomic E-state index is 6.17. The zero-order valence-electron chi connectivity index (χ0n) is 11.1. The van der Waals surface area contributed by atoms with Crippen molar-refractivity contribution in [2.75, 3.05) is 6.61 Å². The summed E-state index contributed by atoms with van der Waals surface area (Å²) in [4.78, 5) is 7.97. The minimum atomic E-state index is -0.203. The van der Waals surface area contributed by atoms with Crippen molar-refractivity contribution in [2.24, 2.45) is 5.73 Å². The molecule has 0 saturated heterocycles. The summed E-state index contributed by atoms with van der Waals surface area (Å²) in [7, 11) is 0. The predicted octanol–water partition coefficient (Wildman–Crippen LogP) is 2.70. The van der Waals surface area contributed by atoms with Gasteiger partial charge in [0.15, 0.2) is 0 Å². The summed E-state index contributed by atoms with van der Waals surface area (Å²) in [5.74, 6) is 0.883. The zero-order chi connectivity index (χ0) is 13.5. The van der Waals surface area contributed by atoms with Crippen molar-refractivity contribution in [3.05, 3.63) is 54.1 Å². The number of ether oxygens (including phenoxy) is 1. The van der Waals surface area contributed by atoms with Crippen molar-refractivity contribution < 1.29 is 4.74 Å². The standard InChI is InChI=1S/C15H19N3O/c1-2-3-8-19-14-6-4-12(5-7-14)15(16)13-9-17-11-18-10-13/h4-7,9-11,15H,2-3,8,16H2,1H3. The van der Waals surface area contributed by atoms with Gasteiger partial charge in [-0.15, -0.1) is 0 Å². The second kappa shape index (κ2) is 6.85. The summed E-state index contributed by atoms with van der Waals surface area (Å²) < 4.78 is 5.62. The van der Waals surface area contributed by atoms with E-state index in [1.165, 1.54) is 6.33 Å². The summed E-state index contributed by atoms with van der Waals surface area (Å²) in [6, 6.07) is 7.67. The Labute approximate surface area is 113 Å². The first-order valence-corrected chi connectivity index (χ1v) is 6.54. The first-order chi connectivity index (χ1) is 9.31. The molecule has 2 rings (SSSR count). The molecule has 2 aromatic rings. The zero-order valence-corrected chi connectivity index (χ0v) is 11.1. The molecule has 0 bridgehead atoms. The Bertz CT molecular complexity index is 485. The first kappa shape index (κ1) is 13.5. The topological polar surface area (TPSA) is 61.0 Å². The molecule has 1 heterocycles. The molecule has 1 atom stereocenters. The van der Waals surface area contributed by atoms with Gasteiger partial charge in [-0.3, -0.25) is 0 Å². The van der Waals surface area contributed by atoms with Gasteiger partial charge in [-0.2, -0.15) is 0 Å². The van der Waals surface area contributed by atoms with E-state index in [1.807, 2.05) is 24.3 Å². The van der Waals surface area contributed by atoms with E-state index in [1.54, 1.807) is 12.4 Å². The highest BCUT2D eigenvalue weighted by atomic mass is 16.5. The van der Waals surface area contributed by atoms with E-state index in [4.69, 9.17) is 10.5 Å². The fraction of sp³-hybridized carbons (Fsp3) is 0.333. The molecular formula is C15H19N3O. The summed E-state index contributed by atoms with van der Waals surface area (Å²) in [6.45, 7) is 2.90. The number of hydrogen-bond acceptors (Lipinski definition) is 4. The van der Waals surface area contributed by atoms with Crippen molar-refractivity contribution >= 4 is 0 Å². The average Bonchev–Trinajstić information content (AvgIpc) is 2.48. The molecule has 0 saturated carbocycles. The molecule has 100 valence electrons. The van der Waals surface area contributed by atoms with Crippen LogP contribution >= 0.6 is 0 Å². The van der Waals surface area contributed by atoms with E-state index in [2.05, 4.69) is 16.9 Å². The summed E-state index contributed by atoms with van der Waals surface area (Å²) in [5.41, 5.74) is 8.10. The lowest BCUT2D eigenvalue weighted by molar-refractivity contribution is 0.309. The lowest BCUT2D eigenvalue weighted by Gasteiger charge is -2.12. The Morgan fingerprint density at radius 3 is 2.42 bits per heavy atom. The third-order valence-electron chi connectivity index (χ3n) is 2.95. The van der Waals surface area contributed by atoms with Crippen LogP contribution in [0.4, 0.5) is 0 Å². The first-order valence-electron chi connectivity index (χ1n) is 6.54. The van der Waals surface area contributed by atoms with Crippen LogP contribution in [0, 0.1) is 0 Å². The van der Waals surface area contributed by atoms with Crippen LogP contribution in [0.3, 0.4) is 0 Å². The maximum Gasteiger partial charge on any atom is 0.119 e. The monoisotopic (exact) mass is 257 g/mol. The van der Waals surface area contributed by atoms with Crippen LogP contribution in [-0.2, 0) is 0 Å². The molecule has 1 unspecified atom stereocenters. The van der Waals surface area contributed by atoms with Gasteiger partial charge in [-0.05, 0) is 24.1 Å². The molecule has 19 heavy (non-hydrogen) atoms. The molecule has 1 aromatic heterocycles. The van der Waals surface area contributed by atoms with Crippen LogP contribution in [0.15, 0.2) is 43.0 Å². The second-order valence-corrected chi connectivity index (χ2v) is 4.42. The van der Waals surface area contributed by atoms with Gasteiger partial charge in [0.05, 0.1) is 12.6 Å². The fourth-order valence-electron chi connectivity index (χ4n) is 1.77. The van der Waals surface area contributed by atoms with Crippen molar-refractivity contribution in [1.29, 1.82) is 0 Å².